The molecule has 1 aliphatic rings. The Balaban J connectivity index is 0.00000336. The fourth-order valence-electron chi connectivity index (χ4n) is 4.30. The van der Waals surface area contributed by atoms with Crippen molar-refractivity contribution in [1.29, 1.82) is 0 Å². The number of anilines is 1. The van der Waals surface area contributed by atoms with E-state index in [-0.39, 0.29) is 32.1 Å². The van der Waals surface area contributed by atoms with E-state index in [0.717, 1.165) is 22.5 Å². The van der Waals surface area contributed by atoms with Crippen LogP contribution in [0.1, 0.15) is 12.0 Å². The first kappa shape index (κ1) is 27.3. The molecule has 0 aliphatic carbocycles. The van der Waals surface area contributed by atoms with Gasteiger partial charge in [0.1, 0.15) is 12.7 Å². The van der Waals surface area contributed by atoms with Gasteiger partial charge in [0.25, 0.3) is 0 Å². The molecule has 9 nitrogen and oxygen atoms in total. The van der Waals surface area contributed by atoms with E-state index < -0.39 is 0 Å². The topological polar surface area (TPSA) is 93.6 Å². The SMILES string of the molecule is CN(C)c1ccc(-c2cc3nccnc3c(OC[C@@H]3CN(C(=O)CCc4cccnc4)CCO3)n2)cc1.S. The van der Waals surface area contributed by atoms with Crippen LogP contribution in [0.25, 0.3) is 22.3 Å². The predicted octanol–water partition coefficient (Wildman–Crippen LogP) is 3.50. The van der Waals surface area contributed by atoms with E-state index in [4.69, 9.17) is 14.5 Å². The monoisotopic (exact) mass is 532 g/mol. The molecule has 3 aromatic heterocycles. The van der Waals surface area contributed by atoms with Crippen molar-refractivity contribution < 1.29 is 14.3 Å². The van der Waals surface area contributed by atoms with E-state index in [0.29, 0.717) is 49.5 Å². The van der Waals surface area contributed by atoms with Crippen molar-refractivity contribution in [2.75, 3.05) is 45.3 Å². The number of morpholine rings is 1. The standard InChI is InChI=1S/C28H30N6O3.H2S/c1-33(2)22-8-6-21(7-9-22)24-16-25-27(31-13-12-30-25)28(32-24)37-19-23-18-34(14-15-36-23)26(35)10-5-20-4-3-11-29-17-20;/h3-4,6-9,11-13,16-17,23H,5,10,14-15,18-19H2,1-2H3;1H2/t23-;/m0./s1. The lowest BCUT2D eigenvalue weighted by Crippen LogP contribution is -2.47. The van der Waals surface area contributed by atoms with Crippen LogP contribution < -0.4 is 9.64 Å². The maximum absolute atomic E-state index is 12.8. The van der Waals surface area contributed by atoms with Gasteiger partial charge in [-0.1, -0.05) is 18.2 Å². The van der Waals surface area contributed by atoms with Crippen LogP contribution in [-0.4, -0.2) is 77.2 Å². The van der Waals surface area contributed by atoms with Gasteiger partial charge < -0.3 is 19.3 Å². The summed E-state index contributed by atoms with van der Waals surface area (Å²) in [5, 5.41) is 0. The van der Waals surface area contributed by atoms with Crippen LogP contribution in [0.2, 0.25) is 0 Å². The molecule has 1 fully saturated rings. The Hall–Kier alpha value is -3.76. The highest BCUT2D eigenvalue weighted by Gasteiger charge is 2.25. The van der Waals surface area contributed by atoms with E-state index in [9.17, 15) is 4.79 Å². The first-order valence-electron chi connectivity index (χ1n) is 12.4. The number of carbonyl (C=O) groups excluding carboxylic acids is 1. The fourth-order valence-corrected chi connectivity index (χ4v) is 4.30. The number of carbonyl (C=O) groups is 1. The van der Waals surface area contributed by atoms with Crippen LogP contribution in [0.4, 0.5) is 5.69 Å². The molecule has 4 heterocycles. The molecule has 0 unspecified atom stereocenters. The summed E-state index contributed by atoms with van der Waals surface area (Å²) in [6.07, 6.45) is 7.67. The smallest absolute Gasteiger partial charge is 0.242 e. The molecule has 38 heavy (non-hydrogen) atoms. The molecular formula is C28H32N6O3S. The van der Waals surface area contributed by atoms with Crippen molar-refractivity contribution >= 4 is 36.1 Å². The summed E-state index contributed by atoms with van der Waals surface area (Å²) in [5.74, 6) is 0.510. The second-order valence-corrected chi connectivity index (χ2v) is 9.18. The van der Waals surface area contributed by atoms with Gasteiger partial charge in [0.2, 0.25) is 11.8 Å². The molecule has 4 aromatic rings. The van der Waals surface area contributed by atoms with Crippen molar-refractivity contribution in [3.05, 3.63) is 72.8 Å². The number of benzene rings is 1. The minimum Gasteiger partial charge on any atom is -0.473 e. The number of hydrogen-bond donors (Lipinski definition) is 0. The Morgan fingerprint density at radius 2 is 1.95 bits per heavy atom. The Labute approximate surface area is 229 Å². The van der Waals surface area contributed by atoms with Gasteiger partial charge in [-0.25, -0.2) is 9.97 Å². The quantitative estimate of drug-likeness (QED) is 0.340. The normalized spacial score (nSPS) is 15.1. The Kier molecular flexibility index (Phi) is 9.09. The molecule has 1 aliphatic heterocycles. The molecule has 10 heteroatoms. The third-order valence-electron chi connectivity index (χ3n) is 6.35. The fraction of sp³-hybridized carbons (Fsp3) is 0.321. The summed E-state index contributed by atoms with van der Waals surface area (Å²) in [6.45, 7) is 1.78. The molecular weight excluding hydrogens is 500 g/mol. The second kappa shape index (κ2) is 12.7. The second-order valence-electron chi connectivity index (χ2n) is 9.18. The molecule has 0 N–H and O–H groups in total. The van der Waals surface area contributed by atoms with Gasteiger partial charge >= 0.3 is 0 Å². The number of pyridine rings is 2. The van der Waals surface area contributed by atoms with E-state index in [1.54, 1.807) is 24.8 Å². The molecule has 0 radical (unpaired) electrons. The Morgan fingerprint density at radius 1 is 1.13 bits per heavy atom. The summed E-state index contributed by atoms with van der Waals surface area (Å²) in [6, 6.07) is 14.0. The predicted molar refractivity (Wildman–Crippen MR) is 152 cm³/mol. The van der Waals surface area contributed by atoms with E-state index in [1.807, 2.05) is 61.5 Å². The maximum atomic E-state index is 12.8. The van der Waals surface area contributed by atoms with Crippen LogP contribution in [0.15, 0.2) is 67.3 Å². The van der Waals surface area contributed by atoms with E-state index in [1.165, 1.54) is 0 Å². The minimum absolute atomic E-state index is 0. The number of fused-ring (bicyclic) bond motifs is 1. The van der Waals surface area contributed by atoms with Crippen LogP contribution >= 0.6 is 13.5 Å². The van der Waals surface area contributed by atoms with Crippen LogP contribution in [0.3, 0.4) is 0 Å². The first-order chi connectivity index (χ1) is 18.1. The lowest BCUT2D eigenvalue weighted by Gasteiger charge is -2.33. The highest BCUT2D eigenvalue weighted by atomic mass is 32.1. The summed E-state index contributed by atoms with van der Waals surface area (Å²) in [5.41, 5.74) is 5.17. The van der Waals surface area contributed by atoms with Gasteiger partial charge in [0, 0.05) is 63.1 Å². The average Bonchev–Trinajstić information content (AvgIpc) is 2.95. The van der Waals surface area contributed by atoms with Crippen molar-refractivity contribution in [3.63, 3.8) is 0 Å². The molecule has 1 aromatic carbocycles. The summed E-state index contributed by atoms with van der Waals surface area (Å²) in [7, 11) is 4.02. The molecule has 1 saturated heterocycles. The highest BCUT2D eigenvalue weighted by Crippen LogP contribution is 2.28. The van der Waals surface area contributed by atoms with Crippen molar-refractivity contribution in [2.24, 2.45) is 0 Å². The van der Waals surface area contributed by atoms with Gasteiger partial charge in [-0.2, -0.15) is 13.5 Å². The van der Waals surface area contributed by atoms with Gasteiger partial charge in [-0.05, 0) is 36.2 Å². The van der Waals surface area contributed by atoms with Crippen molar-refractivity contribution in [1.82, 2.24) is 24.8 Å². The maximum Gasteiger partial charge on any atom is 0.242 e. The molecule has 5 rings (SSSR count). The largest absolute Gasteiger partial charge is 0.473 e. The van der Waals surface area contributed by atoms with Crippen LogP contribution in [0.5, 0.6) is 5.88 Å². The minimum atomic E-state index is -0.257. The Morgan fingerprint density at radius 3 is 2.71 bits per heavy atom. The van der Waals surface area contributed by atoms with E-state index >= 15 is 0 Å². The van der Waals surface area contributed by atoms with E-state index in [2.05, 4.69) is 19.9 Å². The zero-order valence-electron chi connectivity index (χ0n) is 21.6. The average molecular weight is 533 g/mol. The number of hydrogen-bond acceptors (Lipinski definition) is 8. The molecule has 1 atom stereocenters. The number of ether oxygens (including phenoxy) is 2. The third kappa shape index (κ3) is 6.56. The van der Waals surface area contributed by atoms with Crippen LogP contribution in [0, 0.1) is 0 Å². The number of amides is 1. The highest BCUT2D eigenvalue weighted by molar-refractivity contribution is 7.59. The lowest BCUT2D eigenvalue weighted by molar-refractivity contribution is -0.139. The van der Waals surface area contributed by atoms with Crippen LogP contribution in [-0.2, 0) is 16.0 Å². The first-order valence-corrected chi connectivity index (χ1v) is 12.4. The number of aryl methyl sites for hydroxylation is 1. The molecule has 1 amide bonds. The lowest BCUT2D eigenvalue weighted by atomic mass is 10.1. The number of aromatic nitrogens is 4. The van der Waals surface area contributed by atoms with Gasteiger partial charge in [0.15, 0.2) is 5.52 Å². The van der Waals surface area contributed by atoms with Crippen molar-refractivity contribution in [3.8, 4) is 17.1 Å². The van der Waals surface area contributed by atoms with Gasteiger partial charge in [0.05, 0.1) is 24.4 Å². The van der Waals surface area contributed by atoms with Gasteiger partial charge in [-0.3, -0.25) is 14.8 Å². The Bertz CT molecular complexity index is 1350. The molecule has 198 valence electrons. The number of rotatable bonds is 8. The summed E-state index contributed by atoms with van der Waals surface area (Å²) >= 11 is 0. The molecule has 0 bridgehead atoms. The molecule has 0 spiro atoms. The third-order valence-corrected chi connectivity index (χ3v) is 6.35. The molecule has 0 saturated carbocycles. The summed E-state index contributed by atoms with van der Waals surface area (Å²) < 4.78 is 12.1. The van der Waals surface area contributed by atoms with Crippen molar-refractivity contribution in [2.45, 2.75) is 18.9 Å². The zero-order valence-corrected chi connectivity index (χ0v) is 22.6. The van der Waals surface area contributed by atoms with Gasteiger partial charge in [-0.15, -0.1) is 0 Å². The summed E-state index contributed by atoms with van der Waals surface area (Å²) in [4.78, 5) is 34.5. The zero-order chi connectivity index (χ0) is 25.6. The number of nitrogens with zero attached hydrogens (tertiary/aromatic N) is 6.